The van der Waals surface area contributed by atoms with Crippen LogP contribution in [-0.4, -0.2) is 48.5 Å². The van der Waals surface area contributed by atoms with E-state index in [-0.39, 0.29) is 12.5 Å². The zero-order chi connectivity index (χ0) is 24.8. The van der Waals surface area contributed by atoms with Crippen LogP contribution in [-0.2, 0) is 6.54 Å². The Morgan fingerprint density at radius 3 is 2.26 bits per heavy atom. The molecule has 3 aromatic carbocycles. The largest absolute Gasteiger partial charge is 0.497 e. The summed E-state index contributed by atoms with van der Waals surface area (Å²) >= 11 is 5.92. The molecule has 1 aromatic heterocycles. The van der Waals surface area contributed by atoms with E-state index < -0.39 is 0 Å². The zero-order valence-corrected chi connectivity index (χ0v) is 20.5. The molecule has 0 amide bonds. The number of benzene rings is 3. The van der Waals surface area contributed by atoms with Crippen molar-refractivity contribution in [3.8, 4) is 22.9 Å². The van der Waals surface area contributed by atoms with Crippen LogP contribution in [0.5, 0.6) is 11.5 Å². The number of carbonyl (C=O) groups excluding carboxylic acids is 1. The van der Waals surface area contributed by atoms with Crippen molar-refractivity contribution in [3.63, 3.8) is 0 Å². The predicted octanol–water partition coefficient (Wildman–Crippen LogP) is 5.00. The Bertz CT molecular complexity index is 1270. The maximum Gasteiger partial charge on any atom is 0.287 e. The summed E-state index contributed by atoms with van der Waals surface area (Å²) in [5.74, 6) is 1.64. The van der Waals surface area contributed by atoms with Gasteiger partial charge in [0.1, 0.15) is 11.5 Å². The lowest BCUT2D eigenvalue weighted by molar-refractivity contribution is 0.0824. The van der Waals surface area contributed by atoms with Crippen molar-refractivity contribution in [2.45, 2.75) is 6.54 Å². The molecule has 0 fully saturated rings. The van der Waals surface area contributed by atoms with E-state index in [9.17, 15) is 4.79 Å². The molecule has 0 spiro atoms. The van der Waals surface area contributed by atoms with Gasteiger partial charge in [-0.15, -0.1) is 5.10 Å². The average Bonchev–Trinajstić information content (AvgIpc) is 3.31. The Hall–Kier alpha value is -4.04. The third-order valence-electron chi connectivity index (χ3n) is 5.27. The molecule has 1 heterocycles. The van der Waals surface area contributed by atoms with Crippen LogP contribution in [0.1, 0.15) is 10.4 Å². The van der Waals surface area contributed by atoms with Gasteiger partial charge in [-0.2, -0.15) is 9.67 Å². The zero-order valence-electron chi connectivity index (χ0n) is 19.7. The van der Waals surface area contributed by atoms with E-state index in [0.29, 0.717) is 29.1 Å². The van der Waals surface area contributed by atoms with Crippen molar-refractivity contribution < 1.29 is 14.3 Å². The second kappa shape index (κ2) is 10.9. The lowest BCUT2D eigenvalue weighted by Gasteiger charge is -2.13. The van der Waals surface area contributed by atoms with Crippen LogP contribution in [0.2, 0.25) is 5.02 Å². The van der Waals surface area contributed by atoms with Crippen LogP contribution >= 0.6 is 11.6 Å². The first-order valence-electron chi connectivity index (χ1n) is 11.0. The third kappa shape index (κ3) is 6.10. The van der Waals surface area contributed by atoms with Crippen LogP contribution in [0.15, 0.2) is 72.8 Å². The van der Waals surface area contributed by atoms with Crippen molar-refractivity contribution in [2.75, 3.05) is 38.0 Å². The predicted molar refractivity (Wildman–Crippen MR) is 138 cm³/mol. The van der Waals surface area contributed by atoms with E-state index >= 15 is 0 Å². The highest BCUT2D eigenvalue weighted by Crippen LogP contribution is 2.22. The van der Waals surface area contributed by atoms with Crippen LogP contribution in [0, 0.1) is 0 Å². The van der Waals surface area contributed by atoms with E-state index in [1.165, 1.54) is 4.68 Å². The summed E-state index contributed by atoms with van der Waals surface area (Å²) < 4.78 is 12.1. The summed E-state index contributed by atoms with van der Waals surface area (Å²) in [5, 5.41) is 8.28. The molecule has 1 N–H and O–H groups in total. The second-order valence-corrected chi connectivity index (χ2v) is 8.39. The number of nitrogens with zero attached hydrogens (tertiary/aromatic N) is 4. The smallest absolute Gasteiger partial charge is 0.287 e. The van der Waals surface area contributed by atoms with Crippen LogP contribution in [0.25, 0.3) is 11.4 Å². The molecule has 4 aromatic rings. The molecule has 35 heavy (non-hydrogen) atoms. The van der Waals surface area contributed by atoms with Gasteiger partial charge in [0.05, 0.1) is 7.11 Å². The SMILES string of the molecule is COc1ccc(-c2nc(NCc3ccc(N(C)C)cc3)n(C(=O)COc3ccc(Cl)cc3)n2)cc1. The fourth-order valence-corrected chi connectivity index (χ4v) is 3.42. The topological polar surface area (TPSA) is 81.5 Å². The molecule has 4 rings (SSSR count). The van der Waals surface area contributed by atoms with E-state index in [2.05, 4.69) is 15.4 Å². The van der Waals surface area contributed by atoms with Crippen molar-refractivity contribution in [1.82, 2.24) is 14.8 Å². The Morgan fingerprint density at radius 2 is 1.63 bits per heavy atom. The molecule has 9 heteroatoms. The van der Waals surface area contributed by atoms with Crippen molar-refractivity contribution in [1.29, 1.82) is 0 Å². The van der Waals surface area contributed by atoms with Gasteiger partial charge in [0.2, 0.25) is 5.95 Å². The van der Waals surface area contributed by atoms with E-state index in [1.54, 1.807) is 31.4 Å². The number of halogens is 1. The van der Waals surface area contributed by atoms with Crippen LogP contribution in [0.3, 0.4) is 0 Å². The van der Waals surface area contributed by atoms with Gasteiger partial charge in [0.15, 0.2) is 12.4 Å². The highest BCUT2D eigenvalue weighted by Gasteiger charge is 2.18. The van der Waals surface area contributed by atoms with Gasteiger partial charge in [0.25, 0.3) is 5.91 Å². The number of hydrogen-bond donors (Lipinski definition) is 1. The molecular formula is C26H26ClN5O3. The minimum absolute atomic E-state index is 0.209. The van der Waals surface area contributed by atoms with E-state index in [0.717, 1.165) is 22.6 Å². The molecule has 0 aliphatic heterocycles. The summed E-state index contributed by atoms with van der Waals surface area (Å²) in [6.07, 6.45) is 0. The number of hydrogen-bond acceptors (Lipinski definition) is 7. The molecular weight excluding hydrogens is 466 g/mol. The van der Waals surface area contributed by atoms with Gasteiger partial charge in [-0.3, -0.25) is 4.79 Å². The number of nitrogens with one attached hydrogen (secondary N) is 1. The Balaban J connectivity index is 1.55. The van der Waals surface area contributed by atoms with E-state index in [4.69, 9.17) is 21.1 Å². The van der Waals surface area contributed by atoms with Gasteiger partial charge in [-0.05, 0) is 66.2 Å². The lowest BCUT2D eigenvalue weighted by Crippen LogP contribution is -2.22. The maximum atomic E-state index is 13.0. The summed E-state index contributed by atoms with van der Waals surface area (Å²) in [7, 11) is 5.59. The number of rotatable bonds is 9. The minimum atomic E-state index is -0.363. The molecule has 0 aliphatic carbocycles. The maximum absolute atomic E-state index is 13.0. The minimum Gasteiger partial charge on any atom is -0.497 e. The van der Waals surface area contributed by atoms with Gasteiger partial charge < -0.3 is 19.7 Å². The molecule has 0 saturated heterocycles. The highest BCUT2D eigenvalue weighted by molar-refractivity contribution is 6.30. The molecule has 180 valence electrons. The van der Waals surface area contributed by atoms with Gasteiger partial charge in [-0.1, -0.05) is 23.7 Å². The lowest BCUT2D eigenvalue weighted by atomic mass is 10.2. The van der Waals surface area contributed by atoms with Gasteiger partial charge >= 0.3 is 0 Å². The molecule has 0 bridgehead atoms. The standard InChI is InChI=1S/C26H26ClN5O3/c1-31(2)21-10-4-18(5-11-21)16-28-26-29-25(19-6-12-22(34-3)13-7-19)30-32(26)24(33)17-35-23-14-8-20(27)9-15-23/h4-15H,16-17H2,1-3H3,(H,28,29,30). The normalized spacial score (nSPS) is 10.6. The second-order valence-electron chi connectivity index (χ2n) is 7.95. The highest BCUT2D eigenvalue weighted by atomic mass is 35.5. The monoisotopic (exact) mass is 491 g/mol. The molecule has 0 saturated carbocycles. The summed E-state index contributed by atoms with van der Waals surface area (Å²) in [4.78, 5) is 19.6. The van der Waals surface area contributed by atoms with Crippen molar-refractivity contribution in [3.05, 3.63) is 83.4 Å². The molecule has 0 aliphatic rings. The third-order valence-corrected chi connectivity index (χ3v) is 5.52. The number of anilines is 2. The number of aromatic nitrogens is 3. The van der Waals surface area contributed by atoms with Gasteiger partial charge in [-0.25, -0.2) is 0 Å². The quantitative estimate of drug-likeness (QED) is 0.352. The number of carbonyl (C=O) groups is 1. The first-order valence-corrected chi connectivity index (χ1v) is 11.3. The molecule has 0 atom stereocenters. The number of methoxy groups -OCH3 is 1. The summed E-state index contributed by atoms with van der Waals surface area (Å²) in [6.45, 7) is 0.263. The average molecular weight is 492 g/mol. The van der Waals surface area contributed by atoms with E-state index in [1.807, 2.05) is 67.5 Å². The fourth-order valence-electron chi connectivity index (χ4n) is 3.29. The Labute approximate surface area is 209 Å². The van der Waals surface area contributed by atoms with Crippen LogP contribution in [0.4, 0.5) is 11.6 Å². The number of ether oxygens (including phenoxy) is 2. The molecule has 8 nitrogen and oxygen atoms in total. The Morgan fingerprint density at radius 1 is 0.971 bits per heavy atom. The van der Waals surface area contributed by atoms with Crippen molar-refractivity contribution in [2.24, 2.45) is 0 Å². The molecule has 0 unspecified atom stereocenters. The first-order chi connectivity index (χ1) is 16.9. The van der Waals surface area contributed by atoms with Crippen molar-refractivity contribution >= 4 is 29.1 Å². The Kier molecular flexibility index (Phi) is 7.52. The molecule has 0 radical (unpaired) electrons. The fraction of sp³-hybridized carbons (Fsp3) is 0.192. The summed E-state index contributed by atoms with van der Waals surface area (Å²) in [5.41, 5.74) is 2.91. The van der Waals surface area contributed by atoms with Crippen LogP contribution < -0.4 is 19.7 Å². The summed E-state index contributed by atoms with van der Waals surface area (Å²) in [6, 6.07) is 22.3. The van der Waals surface area contributed by atoms with Gasteiger partial charge in [0, 0.05) is 36.9 Å². The first kappa shape index (κ1) is 24.1.